The van der Waals surface area contributed by atoms with E-state index in [2.05, 4.69) is 17.1 Å². The molecule has 0 spiro atoms. The Balaban J connectivity index is 1.81. The lowest BCUT2D eigenvalue weighted by atomic mass is 9.91. The molecule has 2 atom stereocenters. The monoisotopic (exact) mass is 318 g/mol. The van der Waals surface area contributed by atoms with Gasteiger partial charge in [-0.25, -0.2) is 0 Å². The van der Waals surface area contributed by atoms with Gasteiger partial charge in [-0.3, -0.25) is 9.69 Å². The maximum Gasteiger partial charge on any atom is 0.224 e. The minimum Gasteiger partial charge on any atom is -0.395 e. The van der Waals surface area contributed by atoms with Crippen molar-refractivity contribution in [3.63, 3.8) is 0 Å². The van der Waals surface area contributed by atoms with Crippen molar-refractivity contribution in [1.82, 2.24) is 4.90 Å². The highest BCUT2D eigenvalue weighted by Gasteiger charge is 2.27. The predicted octanol–water partition coefficient (Wildman–Crippen LogP) is 3.11. The lowest BCUT2D eigenvalue weighted by Gasteiger charge is -2.39. The van der Waals surface area contributed by atoms with Gasteiger partial charge in [0.05, 0.1) is 6.61 Å². The first-order chi connectivity index (χ1) is 11.0. The summed E-state index contributed by atoms with van der Waals surface area (Å²) in [6.07, 6.45) is 3.73. The number of anilines is 1. The number of carbonyl (C=O) groups is 1. The van der Waals surface area contributed by atoms with Crippen LogP contribution < -0.4 is 5.32 Å². The Labute approximate surface area is 139 Å². The molecule has 0 aromatic heterocycles. The summed E-state index contributed by atoms with van der Waals surface area (Å²) in [6.45, 7) is 8.38. The van der Waals surface area contributed by atoms with Crippen LogP contribution in [0.4, 0.5) is 5.69 Å². The van der Waals surface area contributed by atoms with Gasteiger partial charge in [0.1, 0.15) is 0 Å². The van der Waals surface area contributed by atoms with E-state index in [9.17, 15) is 9.90 Å². The van der Waals surface area contributed by atoms with Crippen molar-refractivity contribution >= 4 is 11.6 Å². The van der Waals surface area contributed by atoms with Gasteiger partial charge in [-0.2, -0.15) is 0 Å². The van der Waals surface area contributed by atoms with E-state index in [-0.39, 0.29) is 18.6 Å². The molecular weight excluding hydrogens is 288 g/mol. The zero-order valence-electron chi connectivity index (χ0n) is 14.6. The number of para-hydroxylation sites is 1. The highest BCUT2D eigenvalue weighted by atomic mass is 16.3. The molecule has 2 N–H and O–H groups in total. The highest BCUT2D eigenvalue weighted by molar-refractivity contribution is 5.92. The van der Waals surface area contributed by atoms with Crippen molar-refractivity contribution < 1.29 is 9.90 Å². The summed E-state index contributed by atoms with van der Waals surface area (Å²) in [5.74, 6) is 0.616. The molecule has 4 heteroatoms. The molecule has 2 rings (SSSR count). The second-order valence-corrected chi connectivity index (χ2v) is 6.82. The maximum atomic E-state index is 12.2. The smallest absolute Gasteiger partial charge is 0.224 e. The Hall–Kier alpha value is -1.39. The minimum absolute atomic E-state index is 0.0769. The number of nitrogens with one attached hydrogen (secondary N) is 1. The van der Waals surface area contributed by atoms with E-state index >= 15 is 0 Å². The van der Waals surface area contributed by atoms with Gasteiger partial charge in [0.2, 0.25) is 5.91 Å². The summed E-state index contributed by atoms with van der Waals surface area (Å²) in [6, 6.07) is 6.30. The van der Waals surface area contributed by atoms with Crippen molar-refractivity contribution in [1.29, 1.82) is 0 Å². The van der Waals surface area contributed by atoms with Crippen LogP contribution in [0.1, 0.15) is 43.7 Å². The number of benzene rings is 1. The molecule has 1 fully saturated rings. The van der Waals surface area contributed by atoms with Gasteiger partial charge in [-0.05, 0) is 63.2 Å². The quantitative estimate of drug-likeness (QED) is 0.847. The number of amides is 1. The van der Waals surface area contributed by atoms with Crippen molar-refractivity contribution in [3.05, 3.63) is 29.3 Å². The number of aliphatic hydroxyl groups is 1. The number of aryl methyl sites for hydroxylation is 2. The number of hydrogen-bond acceptors (Lipinski definition) is 3. The number of carbonyl (C=O) groups excluding carboxylic acids is 1. The van der Waals surface area contributed by atoms with Crippen LogP contribution in [-0.4, -0.2) is 41.7 Å². The normalized spacial score (nSPS) is 22.1. The SMILES string of the molecule is Cc1cccc(C)c1NC(=O)CCCN1CCCC(C)C1CO. The van der Waals surface area contributed by atoms with Crippen LogP contribution in [-0.2, 0) is 4.79 Å². The first kappa shape index (κ1) is 18.0. The number of likely N-dealkylation sites (tertiary alicyclic amines) is 1. The largest absolute Gasteiger partial charge is 0.395 e. The highest BCUT2D eigenvalue weighted by Crippen LogP contribution is 2.23. The molecule has 0 radical (unpaired) electrons. The van der Waals surface area contributed by atoms with Crippen LogP contribution >= 0.6 is 0 Å². The molecule has 1 aliphatic heterocycles. The van der Waals surface area contributed by atoms with Crippen molar-refractivity contribution in [2.45, 2.75) is 52.5 Å². The fourth-order valence-corrected chi connectivity index (χ4v) is 3.56. The van der Waals surface area contributed by atoms with Gasteiger partial charge in [0.15, 0.2) is 0 Å². The van der Waals surface area contributed by atoms with Crippen LogP contribution in [0.3, 0.4) is 0 Å². The van der Waals surface area contributed by atoms with E-state index in [0.717, 1.165) is 36.3 Å². The number of hydrogen-bond donors (Lipinski definition) is 2. The molecule has 128 valence electrons. The molecule has 0 saturated carbocycles. The van der Waals surface area contributed by atoms with E-state index in [1.165, 1.54) is 12.8 Å². The van der Waals surface area contributed by atoms with Crippen LogP contribution in [0.15, 0.2) is 18.2 Å². The summed E-state index contributed by atoms with van der Waals surface area (Å²) < 4.78 is 0. The lowest BCUT2D eigenvalue weighted by molar-refractivity contribution is -0.116. The molecule has 0 aliphatic carbocycles. The van der Waals surface area contributed by atoms with Gasteiger partial charge >= 0.3 is 0 Å². The Morgan fingerprint density at radius 1 is 1.35 bits per heavy atom. The average Bonchev–Trinajstić information content (AvgIpc) is 2.51. The maximum absolute atomic E-state index is 12.2. The number of piperidine rings is 1. The molecule has 1 heterocycles. The summed E-state index contributed by atoms with van der Waals surface area (Å²) in [4.78, 5) is 14.5. The van der Waals surface area contributed by atoms with Crippen LogP contribution in [0.5, 0.6) is 0 Å². The van der Waals surface area contributed by atoms with E-state index in [1.807, 2.05) is 32.0 Å². The average molecular weight is 318 g/mol. The number of rotatable bonds is 6. The Kier molecular flexibility index (Phi) is 6.60. The summed E-state index contributed by atoms with van der Waals surface area (Å²) in [5, 5.41) is 12.6. The molecule has 1 aromatic rings. The van der Waals surface area contributed by atoms with Gasteiger partial charge in [-0.1, -0.05) is 25.1 Å². The Morgan fingerprint density at radius 3 is 2.70 bits per heavy atom. The van der Waals surface area contributed by atoms with Gasteiger partial charge < -0.3 is 10.4 Å². The van der Waals surface area contributed by atoms with Crippen molar-refractivity contribution in [2.24, 2.45) is 5.92 Å². The van der Waals surface area contributed by atoms with Crippen LogP contribution in [0.2, 0.25) is 0 Å². The number of aliphatic hydroxyl groups excluding tert-OH is 1. The number of nitrogens with zero attached hydrogens (tertiary/aromatic N) is 1. The van der Waals surface area contributed by atoms with Gasteiger partial charge in [-0.15, -0.1) is 0 Å². The van der Waals surface area contributed by atoms with E-state index < -0.39 is 0 Å². The third-order valence-corrected chi connectivity index (χ3v) is 5.01. The molecule has 1 aromatic carbocycles. The second-order valence-electron chi connectivity index (χ2n) is 6.82. The molecule has 1 amide bonds. The first-order valence-electron chi connectivity index (χ1n) is 8.74. The standard InChI is InChI=1S/C19H30N2O2/c1-14-9-5-11-21(17(14)13-22)12-6-10-18(23)20-19-15(2)7-4-8-16(19)3/h4,7-8,14,17,22H,5-6,9-13H2,1-3H3,(H,20,23). The third kappa shape index (κ3) is 4.79. The zero-order chi connectivity index (χ0) is 16.8. The Bertz CT molecular complexity index is 510. The Morgan fingerprint density at radius 2 is 2.04 bits per heavy atom. The zero-order valence-corrected chi connectivity index (χ0v) is 14.6. The molecule has 2 unspecified atom stereocenters. The van der Waals surface area contributed by atoms with E-state index in [0.29, 0.717) is 12.3 Å². The van der Waals surface area contributed by atoms with Gasteiger partial charge in [0.25, 0.3) is 0 Å². The summed E-state index contributed by atoms with van der Waals surface area (Å²) >= 11 is 0. The van der Waals surface area contributed by atoms with Crippen molar-refractivity contribution in [2.75, 3.05) is 25.0 Å². The molecule has 1 saturated heterocycles. The summed E-state index contributed by atoms with van der Waals surface area (Å²) in [7, 11) is 0. The molecular formula is C19H30N2O2. The van der Waals surface area contributed by atoms with Crippen molar-refractivity contribution in [3.8, 4) is 0 Å². The first-order valence-corrected chi connectivity index (χ1v) is 8.74. The molecule has 23 heavy (non-hydrogen) atoms. The summed E-state index contributed by atoms with van der Waals surface area (Å²) in [5.41, 5.74) is 3.14. The lowest BCUT2D eigenvalue weighted by Crippen LogP contribution is -2.47. The third-order valence-electron chi connectivity index (χ3n) is 5.01. The van der Waals surface area contributed by atoms with E-state index in [1.54, 1.807) is 0 Å². The van der Waals surface area contributed by atoms with Gasteiger partial charge in [0, 0.05) is 18.2 Å². The predicted molar refractivity (Wildman–Crippen MR) is 94.6 cm³/mol. The molecule has 1 aliphatic rings. The minimum atomic E-state index is 0.0769. The fraction of sp³-hybridized carbons (Fsp3) is 0.632. The topological polar surface area (TPSA) is 52.6 Å². The van der Waals surface area contributed by atoms with Crippen LogP contribution in [0.25, 0.3) is 0 Å². The fourth-order valence-electron chi connectivity index (χ4n) is 3.56. The molecule has 4 nitrogen and oxygen atoms in total. The second kappa shape index (κ2) is 8.46. The van der Waals surface area contributed by atoms with Crippen LogP contribution in [0, 0.1) is 19.8 Å². The molecule has 0 bridgehead atoms. The van der Waals surface area contributed by atoms with E-state index in [4.69, 9.17) is 0 Å².